The highest BCUT2D eigenvalue weighted by atomic mass is 16.5. The smallest absolute Gasteiger partial charge is 0.269 e. The highest BCUT2D eigenvalue weighted by Crippen LogP contribution is 2.32. The van der Waals surface area contributed by atoms with Gasteiger partial charge in [0, 0.05) is 12.2 Å². The van der Waals surface area contributed by atoms with E-state index >= 15 is 0 Å². The summed E-state index contributed by atoms with van der Waals surface area (Å²) in [5.41, 5.74) is 3.20. The fourth-order valence-electron chi connectivity index (χ4n) is 2.99. The van der Waals surface area contributed by atoms with E-state index in [4.69, 9.17) is 4.74 Å². The minimum absolute atomic E-state index is 0.0296. The van der Waals surface area contributed by atoms with Crippen LogP contribution < -0.4 is 15.0 Å². The van der Waals surface area contributed by atoms with Crippen LogP contribution in [0.15, 0.2) is 48.5 Å². The van der Waals surface area contributed by atoms with E-state index < -0.39 is 6.10 Å². The molecule has 4 nitrogen and oxygen atoms in total. The summed E-state index contributed by atoms with van der Waals surface area (Å²) in [6.07, 6.45) is 0.449. The molecule has 2 heterocycles. The van der Waals surface area contributed by atoms with Gasteiger partial charge in [0.1, 0.15) is 5.75 Å². The number of amides is 1. The molecule has 2 aromatic carbocycles. The van der Waals surface area contributed by atoms with Crippen molar-refractivity contribution in [1.29, 1.82) is 0 Å². The number of benzene rings is 2. The Balaban J connectivity index is 1.57. The molecule has 0 aromatic heterocycles. The standard InChI is InChI=1S/C17H16N2O2/c20-17(19-10-9-12-5-1-3-7-14(12)19)16-11-18-13-6-2-4-8-15(13)21-16/h1-8,16,18H,9-11H2. The number of carbonyl (C=O) groups excluding carboxylic acids is 1. The Labute approximate surface area is 123 Å². The van der Waals surface area contributed by atoms with E-state index in [1.807, 2.05) is 47.4 Å². The van der Waals surface area contributed by atoms with Crippen molar-refractivity contribution in [3.8, 4) is 5.75 Å². The van der Waals surface area contributed by atoms with E-state index in [0.29, 0.717) is 6.54 Å². The van der Waals surface area contributed by atoms with Gasteiger partial charge in [-0.1, -0.05) is 30.3 Å². The Morgan fingerprint density at radius 3 is 2.90 bits per heavy atom. The van der Waals surface area contributed by atoms with Gasteiger partial charge in [-0.05, 0) is 30.2 Å². The number of fused-ring (bicyclic) bond motifs is 2. The molecule has 0 fully saturated rings. The third kappa shape index (κ3) is 2.03. The lowest BCUT2D eigenvalue weighted by atomic mass is 10.1. The van der Waals surface area contributed by atoms with Gasteiger partial charge < -0.3 is 15.0 Å². The molecule has 1 amide bonds. The molecule has 4 heteroatoms. The molecule has 0 saturated heterocycles. The largest absolute Gasteiger partial charge is 0.477 e. The van der Waals surface area contributed by atoms with Crippen LogP contribution >= 0.6 is 0 Å². The SMILES string of the molecule is O=C(C1CNc2ccccc2O1)N1CCc2ccccc21. The monoisotopic (exact) mass is 280 g/mol. The summed E-state index contributed by atoms with van der Waals surface area (Å²) < 4.78 is 5.87. The Kier molecular flexibility index (Phi) is 2.81. The molecular formula is C17H16N2O2. The first-order valence-corrected chi connectivity index (χ1v) is 7.22. The van der Waals surface area contributed by atoms with Crippen LogP contribution in [0.5, 0.6) is 5.75 Å². The first-order valence-electron chi connectivity index (χ1n) is 7.22. The van der Waals surface area contributed by atoms with Gasteiger partial charge >= 0.3 is 0 Å². The van der Waals surface area contributed by atoms with E-state index in [1.165, 1.54) is 5.56 Å². The summed E-state index contributed by atoms with van der Waals surface area (Å²) in [4.78, 5) is 14.6. The molecule has 21 heavy (non-hydrogen) atoms. The third-order valence-electron chi connectivity index (χ3n) is 4.06. The number of carbonyl (C=O) groups is 1. The second kappa shape index (κ2) is 4.81. The molecule has 0 saturated carbocycles. The summed E-state index contributed by atoms with van der Waals surface area (Å²) in [5.74, 6) is 0.775. The van der Waals surface area contributed by atoms with Crippen molar-refractivity contribution in [3.05, 3.63) is 54.1 Å². The van der Waals surface area contributed by atoms with E-state index in [-0.39, 0.29) is 5.91 Å². The first-order chi connectivity index (χ1) is 10.3. The van der Waals surface area contributed by atoms with Crippen LogP contribution in [0.4, 0.5) is 11.4 Å². The lowest BCUT2D eigenvalue weighted by Crippen LogP contribution is -2.46. The highest BCUT2D eigenvalue weighted by Gasteiger charge is 2.33. The zero-order valence-corrected chi connectivity index (χ0v) is 11.6. The molecule has 106 valence electrons. The lowest BCUT2D eigenvalue weighted by molar-refractivity contribution is -0.124. The second-order valence-electron chi connectivity index (χ2n) is 5.35. The van der Waals surface area contributed by atoms with Crippen LogP contribution in [0.3, 0.4) is 0 Å². The van der Waals surface area contributed by atoms with Crippen molar-refractivity contribution < 1.29 is 9.53 Å². The predicted octanol–water partition coefficient (Wildman–Crippen LogP) is 2.45. The van der Waals surface area contributed by atoms with Crippen molar-refractivity contribution in [2.45, 2.75) is 12.5 Å². The number of nitrogens with zero attached hydrogens (tertiary/aromatic N) is 1. The number of ether oxygens (including phenoxy) is 1. The Bertz CT molecular complexity index is 699. The van der Waals surface area contributed by atoms with Gasteiger partial charge in [-0.15, -0.1) is 0 Å². The van der Waals surface area contributed by atoms with Crippen LogP contribution in [0, 0.1) is 0 Å². The normalized spacial score (nSPS) is 19.2. The zero-order chi connectivity index (χ0) is 14.2. The summed E-state index contributed by atoms with van der Waals surface area (Å²) in [5, 5.41) is 3.27. The maximum absolute atomic E-state index is 12.7. The zero-order valence-electron chi connectivity index (χ0n) is 11.6. The van der Waals surface area contributed by atoms with Crippen molar-refractivity contribution in [2.24, 2.45) is 0 Å². The Morgan fingerprint density at radius 1 is 1.14 bits per heavy atom. The van der Waals surface area contributed by atoms with E-state index in [9.17, 15) is 4.79 Å². The molecule has 4 rings (SSSR count). The quantitative estimate of drug-likeness (QED) is 0.872. The maximum atomic E-state index is 12.7. The number of nitrogens with one attached hydrogen (secondary N) is 1. The highest BCUT2D eigenvalue weighted by molar-refractivity contribution is 5.99. The molecule has 0 aliphatic carbocycles. The van der Waals surface area contributed by atoms with Crippen molar-refractivity contribution in [1.82, 2.24) is 0 Å². The minimum atomic E-state index is -0.467. The minimum Gasteiger partial charge on any atom is -0.477 e. The summed E-state index contributed by atoms with van der Waals surface area (Å²) >= 11 is 0. The number of hydrogen-bond donors (Lipinski definition) is 1. The molecule has 2 aliphatic rings. The van der Waals surface area contributed by atoms with Gasteiger partial charge in [0.2, 0.25) is 0 Å². The molecule has 2 aromatic rings. The summed E-state index contributed by atoms with van der Waals surface area (Å²) in [6, 6.07) is 15.8. The van der Waals surface area contributed by atoms with Gasteiger partial charge in [0.05, 0.1) is 12.2 Å². The predicted molar refractivity (Wildman–Crippen MR) is 81.8 cm³/mol. The molecule has 2 aliphatic heterocycles. The number of hydrogen-bond acceptors (Lipinski definition) is 3. The first kappa shape index (κ1) is 12.3. The average molecular weight is 280 g/mol. The fraction of sp³-hybridized carbons (Fsp3) is 0.235. The summed E-state index contributed by atoms with van der Waals surface area (Å²) in [7, 11) is 0. The van der Waals surface area contributed by atoms with Crippen LogP contribution in [0.2, 0.25) is 0 Å². The third-order valence-corrected chi connectivity index (χ3v) is 4.06. The Morgan fingerprint density at radius 2 is 1.95 bits per heavy atom. The van der Waals surface area contributed by atoms with Gasteiger partial charge in [0.15, 0.2) is 6.10 Å². The van der Waals surface area contributed by atoms with Crippen LogP contribution in [-0.4, -0.2) is 25.1 Å². The molecule has 0 spiro atoms. The average Bonchev–Trinajstić information content (AvgIpc) is 2.98. The second-order valence-corrected chi connectivity index (χ2v) is 5.35. The number of anilines is 2. The van der Waals surface area contributed by atoms with Gasteiger partial charge in [-0.25, -0.2) is 0 Å². The molecule has 1 unspecified atom stereocenters. The lowest BCUT2D eigenvalue weighted by Gasteiger charge is -2.29. The molecular weight excluding hydrogens is 264 g/mol. The fourth-order valence-corrected chi connectivity index (χ4v) is 2.99. The van der Waals surface area contributed by atoms with Gasteiger partial charge in [-0.3, -0.25) is 4.79 Å². The maximum Gasteiger partial charge on any atom is 0.269 e. The molecule has 0 radical (unpaired) electrons. The molecule has 1 atom stereocenters. The van der Waals surface area contributed by atoms with E-state index in [0.717, 1.165) is 30.1 Å². The summed E-state index contributed by atoms with van der Waals surface area (Å²) in [6.45, 7) is 1.24. The van der Waals surface area contributed by atoms with Gasteiger partial charge in [-0.2, -0.15) is 0 Å². The van der Waals surface area contributed by atoms with E-state index in [2.05, 4.69) is 11.4 Å². The Hall–Kier alpha value is -2.49. The topological polar surface area (TPSA) is 41.6 Å². The number of rotatable bonds is 1. The molecule has 1 N–H and O–H groups in total. The van der Waals surface area contributed by atoms with Crippen molar-refractivity contribution in [3.63, 3.8) is 0 Å². The van der Waals surface area contributed by atoms with Crippen LogP contribution in [0.1, 0.15) is 5.56 Å². The molecule has 0 bridgehead atoms. The van der Waals surface area contributed by atoms with Crippen LogP contribution in [0.25, 0.3) is 0 Å². The number of para-hydroxylation sites is 3. The van der Waals surface area contributed by atoms with Gasteiger partial charge in [0.25, 0.3) is 5.91 Å². The van der Waals surface area contributed by atoms with E-state index in [1.54, 1.807) is 0 Å². The van der Waals surface area contributed by atoms with Crippen LogP contribution in [-0.2, 0) is 11.2 Å². The van der Waals surface area contributed by atoms with Crippen molar-refractivity contribution in [2.75, 3.05) is 23.3 Å². The van der Waals surface area contributed by atoms with Crippen molar-refractivity contribution >= 4 is 17.3 Å².